The van der Waals surface area contributed by atoms with Crippen LogP contribution in [0.5, 0.6) is 11.5 Å². The number of aliphatic hydroxyl groups is 11. The number of fused-ring (bicyclic) bond motifs is 1. The zero-order valence-electron chi connectivity index (χ0n) is 23.2. The average molecular weight is 628 g/mol. The summed E-state index contributed by atoms with van der Waals surface area (Å²) >= 11 is 0. The molecule has 0 radical (unpaired) electrons. The first-order chi connectivity index (χ1) is 21.0. The van der Waals surface area contributed by atoms with Crippen molar-refractivity contribution in [2.45, 2.75) is 67.5 Å². The van der Waals surface area contributed by atoms with E-state index in [2.05, 4.69) is 4.74 Å². The first kappa shape index (κ1) is 32.0. The Morgan fingerprint density at radius 1 is 0.818 bits per heavy atom. The fourth-order valence-electron chi connectivity index (χ4n) is 5.24. The molecule has 1 aliphatic carbocycles. The molecule has 4 aliphatic rings. The molecular weight excluding hydrogens is 592 g/mol. The van der Waals surface area contributed by atoms with Crippen LogP contribution in [0.4, 0.5) is 0 Å². The van der Waals surface area contributed by atoms with Crippen LogP contribution in [0.25, 0.3) is 5.76 Å². The van der Waals surface area contributed by atoms with E-state index in [4.69, 9.17) is 23.7 Å². The van der Waals surface area contributed by atoms with Gasteiger partial charge >= 0.3 is 5.76 Å². The summed E-state index contributed by atoms with van der Waals surface area (Å²) in [6.45, 7) is -1.51. The number of phenols is 1. The van der Waals surface area contributed by atoms with Gasteiger partial charge in [-0.3, -0.25) is 0 Å². The zero-order chi connectivity index (χ0) is 31.9. The second-order valence-electron chi connectivity index (χ2n) is 10.5. The summed E-state index contributed by atoms with van der Waals surface area (Å²) in [6, 6.07) is 4.26. The second kappa shape index (κ2) is 12.9. The Morgan fingerprint density at radius 2 is 1.48 bits per heavy atom. The largest absolute Gasteiger partial charge is 0.571 e. The lowest BCUT2D eigenvalue weighted by Gasteiger charge is -2.46. The molecule has 0 amide bonds. The second-order valence-corrected chi connectivity index (χ2v) is 10.5. The molecule has 0 saturated carbocycles. The lowest BCUT2D eigenvalue weighted by atomic mass is 9.96. The van der Waals surface area contributed by atoms with Crippen molar-refractivity contribution < 1.29 is 79.5 Å². The topological polar surface area (TPSA) is 261 Å². The van der Waals surface area contributed by atoms with Crippen molar-refractivity contribution in [1.29, 1.82) is 0 Å². The van der Waals surface area contributed by atoms with Gasteiger partial charge < -0.3 is 79.5 Å². The van der Waals surface area contributed by atoms with Gasteiger partial charge in [0.15, 0.2) is 23.9 Å². The number of allylic oxidation sites excluding steroid dienone is 2. The Kier molecular flexibility index (Phi) is 9.38. The summed E-state index contributed by atoms with van der Waals surface area (Å²) in [6.07, 6.45) is -13.8. The minimum atomic E-state index is -1.87. The van der Waals surface area contributed by atoms with Crippen LogP contribution >= 0.6 is 0 Å². The molecule has 11 N–H and O–H groups in total. The van der Waals surface area contributed by atoms with Crippen LogP contribution < -0.4 is 4.74 Å². The highest BCUT2D eigenvalue weighted by atomic mass is 16.8. The van der Waals surface area contributed by atoms with Gasteiger partial charge in [0.2, 0.25) is 18.2 Å². The molecule has 11 unspecified atom stereocenters. The summed E-state index contributed by atoms with van der Waals surface area (Å²) in [5, 5.41) is 103. The maximum absolute atomic E-state index is 11.0. The quantitative estimate of drug-likeness (QED) is 0.133. The number of hydrogen-bond donors (Lipinski definition) is 10. The fraction of sp³-hybridized carbons (Fsp3) is 0.500. The SMILES string of the molecule is COc1cc(C2=C(OC3OC(CO)C(O)C(O)C3OC3OC(CO)C(O)C(O)C3O)C=C3C(O)=CC(O)=CC3[OH+]2)ccc1O. The van der Waals surface area contributed by atoms with E-state index in [1.54, 1.807) is 0 Å². The standard InChI is InChI=1S/C28H34O16/c1-39-16-4-10(2-3-13(16)32)25-17(7-12-14(33)5-11(31)6-15(12)40-25)41-28-26(23(37)21(35)19(9-30)43-28)44-27-24(38)22(36)20(34)18(8-29)42-27/h2-7,15,18-24,26-38H,8-9H2,1H3/p+1. The van der Waals surface area contributed by atoms with Gasteiger partial charge in [-0.25, -0.2) is 0 Å². The highest BCUT2D eigenvalue weighted by Gasteiger charge is 2.52. The fourth-order valence-corrected chi connectivity index (χ4v) is 5.24. The van der Waals surface area contributed by atoms with E-state index >= 15 is 0 Å². The predicted molar refractivity (Wildman–Crippen MR) is 145 cm³/mol. The molecular formula is C28H35O16+. The van der Waals surface area contributed by atoms with E-state index in [0.29, 0.717) is 5.56 Å². The molecule has 0 aromatic heterocycles. The molecule has 5 rings (SSSR count). The van der Waals surface area contributed by atoms with Gasteiger partial charge in [0.05, 0.1) is 37.5 Å². The number of aromatic hydroxyl groups is 1. The molecule has 0 spiro atoms. The predicted octanol–water partition coefficient (Wildman–Crippen LogP) is -2.56. The number of ether oxygens (including phenoxy) is 6. The Balaban J connectivity index is 1.54. The number of rotatable bonds is 8. The summed E-state index contributed by atoms with van der Waals surface area (Å²) in [5.74, 6) is -0.649. The first-order valence-corrected chi connectivity index (χ1v) is 13.6. The normalized spacial score (nSPS) is 37.3. The molecule has 1 aromatic carbocycles. The Bertz CT molecular complexity index is 1340. The summed E-state index contributed by atoms with van der Waals surface area (Å²) in [5.41, 5.74) is 0.544. The van der Waals surface area contributed by atoms with E-state index in [1.165, 1.54) is 37.5 Å². The molecule has 2 fully saturated rings. The van der Waals surface area contributed by atoms with Crippen molar-refractivity contribution in [3.05, 3.63) is 64.8 Å². The minimum Gasteiger partial charge on any atom is -0.571 e. The van der Waals surface area contributed by atoms with Gasteiger partial charge in [0, 0.05) is 18.2 Å². The van der Waals surface area contributed by atoms with Crippen molar-refractivity contribution in [3.8, 4) is 11.5 Å². The van der Waals surface area contributed by atoms with Gasteiger partial charge in [0.25, 0.3) is 0 Å². The third-order valence-corrected chi connectivity index (χ3v) is 7.68. The van der Waals surface area contributed by atoms with Gasteiger partial charge in [-0.05, 0) is 12.1 Å². The van der Waals surface area contributed by atoms with Gasteiger partial charge in [-0.1, -0.05) is 0 Å². The summed E-state index contributed by atoms with van der Waals surface area (Å²) < 4.78 is 32.8. The van der Waals surface area contributed by atoms with E-state index in [9.17, 15) is 51.1 Å². The molecule has 0 bridgehead atoms. The highest BCUT2D eigenvalue weighted by Crippen LogP contribution is 2.39. The molecule has 242 valence electrons. The lowest BCUT2D eigenvalue weighted by Crippen LogP contribution is -2.64. The Morgan fingerprint density at radius 3 is 2.14 bits per heavy atom. The molecule has 3 heterocycles. The van der Waals surface area contributed by atoms with Crippen LogP contribution in [0.2, 0.25) is 0 Å². The van der Waals surface area contributed by atoms with Crippen molar-refractivity contribution in [2.75, 3.05) is 20.3 Å². The monoisotopic (exact) mass is 627 g/mol. The minimum absolute atomic E-state index is 0.0840. The van der Waals surface area contributed by atoms with Crippen molar-refractivity contribution in [1.82, 2.24) is 0 Å². The van der Waals surface area contributed by atoms with Crippen LogP contribution in [0.3, 0.4) is 0 Å². The summed E-state index contributed by atoms with van der Waals surface area (Å²) in [4.78, 5) is 0. The van der Waals surface area contributed by atoms with Crippen molar-refractivity contribution in [2.24, 2.45) is 0 Å². The van der Waals surface area contributed by atoms with Crippen LogP contribution in [0.15, 0.2) is 59.3 Å². The zero-order valence-corrected chi connectivity index (χ0v) is 23.2. The van der Waals surface area contributed by atoms with Crippen molar-refractivity contribution in [3.63, 3.8) is 0 Å². The molecule has 16 nitrogen and oxygen atoms in total. The maximum atomic E-state index is 11.0. The Hall–Kier alpha value is -3.42. The average Bonchev–Trinajstić information content (AvgIpc) is 3.00. The highest BCUT2D eigenvalue weighted by molar-refractivity contribution is 5.69. The van der Waals surface area contributed by atoms with E-state index in [1.807, 2.05) is 0 Å². The smallest absolute Gasteiger partial charge is 0.305 e. The number of benzene rings is 1. The molecule has 11 atom stereocenters. The van der Waals surface area contributed by atoms with E-state index in [0.717, 1.165) is 6.08 Å². The van der Waals surface area contributed by atoms with Gasteiger partial charge in [0.1, 0.15) is 54.2 Å². The molecule has 16 heteroatoms. The molecule has 44 heavy (non-hydrogen) atoms. The van der Waals surface area contributed by atoms with Gasteiger partial charge in [-0.15, -0.1) is 0 Å². The van der Waals surface area contributed by atoms with Gasteiger partial charge in [-0.2, -0.15) is 0 Å². The number of phenolic OH excluding ortho intramolecular Hbond substituents is 1. The molecule has 1 aromatic rings. The van der Waals surface area contributed by atoms with E-state index in [-0.39, 0.29) is 40.1 Å². The third kappa shape index (κ3) is 5.96. The third-order valence-electron chi connectivity index (χ3n) is 7.68. The first-order valence-electron chi connectivity index (χ1n) is 13.6. The molecule has 3 aliphatic heterocycles. The van der Waals surface area contributed by atoms with Crippen molar-refractivity contribution >= 4 is 5.76 Å². The lowest BCUT2D eigenvalue weighted by molar-refractivity contribution is -0.363. The van der Waals surface area contributed by atoms with Crippen LogP contribution in [-0.4, -0.2) is 144 Å². The maximum Gasteiger partial charge on any atom is 0.305 e. The number of methoxy groups -OCH3 is 1. The van der Waals surface area contributed by atoms with Crippen LogP contribution in [-0.2, 0) is 18.9 Å². The van der Waals surface area contributed by atoms with E-state index < -0.39 is 80.7 Å². The Labute approximate surface area is 249 Å². The van der Waals surface area contributed by atoms with Crippen LogP contribution in [0.1, 0.15) is 5.56 Å². The summed E-state index contributed by atoms with van der Waals surface area (Å²) in [7, 11) is 1.34. The molecule has 2 saturated heterocycles. The number of aliphatic hydroxyl groups excluding tert-OH is 9. The van der Waals surface area contributed by atoms with Crippen LogP contribution in [0, 0.1) is 0 Å². The number of hydrogen-bond acceptors (Lipinski definition) is 15.